The molecule has 3 heterocycles. The number of nitrogens with one attached hydrogen (secondary N) is 1. The van der Waals surface area contributed by atoms with Crippen molar-refractivity contribution in [2.75, 3.05) is 26.3 Å². The first-order chi connectivity index (χ1) is 9.90. The molecule has 108 valence electrons. The Morgan fingerprint density at radius 2 is 2.25 bits per heavy atom. The summed E-state index contributed by atoms with van der Waals surface area (Å²) in [6.45, 7) is 6.68. The highest BCUT2D eigenvalue weighted by atomic mass is 16.5. The SMILES string of the molecule is CCOCCn1cc(C2CCNCC2)c2cccnc21. The van der Waals surface area contributed by atoms with Gasteiger partial charge in [-0.25, -0.2) is 4.98 Å². The molecule has 2 aromatic heterocycles. The van der Waals surface area contributed by atoms with E-state index in [1.807, 2.05) is 19.2 Å². The van der Waals surface area contributed by atoms with Crippen molar-refractivity contribution in [3.8, 4) is 0 Å². The standard InChI is InChI=1S/C16H23N3O/c1-2-20-11-10-19-12-15(13-5-8-17-9-6-13)14-4-3-7-18-16(14)19/h3-4,7,12-13,17H,2,5-6,8-11H2,1H3. The number of aromatic nitrogens is 2. The Hall–Kier alpha value is -1.39. The van der Waals surface area contributed by atoms with Gasteiger partial charge in [0.2, 0.25) is 0 Å². The third kappa shape index (κ3) is 2.72. The molecular weight excluding hydrogens is 250 g/mol. The van der Waals surface area contributed by atoms with Crippen molar-refractivity contribution in [3.63, 3.8) is 0 Å². The fourth-order valence-electron chi connectivity index (χ4n) is 3.09. The molecule has 0 atom stereocenters. The maximum absolute atomic E-state index is 5.48. The van der Waals surface area contributed by atoms with E-state index in [0.717, 1.165) is 38.5 Å². The lowest BCUT2D eigenvalue weighted by molar-refractivity contribution is 0.140. The van der Waals surface area contributed by atoms with Crippen LogP contribution in [0.2, 0.25) is 0 Å². The van der Waals surface area contributed by atoms with E-state index in [9.17, 15) is 0 Å². The van der Waals surface area contributed by atoms with E-state index in [-0.39, 0.29) is 0 Å². The molecule has 0 spiro atoms. The zero-order chi connectivity index (χ0) is 13.8. The van der Waals surface area contributed by atoms with Crippen LogP contribution in [0.4, 0.5) is 0 Å². The topological polar surface area (TPSA) is 39.1 Å². The summed E-state index contributed by atoms with van der Waals surface area (Å²) in [7, 11) is 0. The summed E-state index contributed by atoms with van der Waals surface area (Å²) in [5.74, 6) is 0.663. The van der Waals surface area contributed by atoms with Crippen LogP contribution < -0.4 is 5.32 Å². The first kappa shape index (κ1) is 13.6. The van der Waals surface area contributed by atoms with Crippen LogP contribution in [0.25, 0.3) is 11.0 Å². The fraction of sp³-hybridized carbons (Fsp3) is 0.562. The number of hydrogen-bond donors (Lipinski definition) is 1. The van der Waals surface area contributed by atoms with E-state index in [0.29, 0.717) is 5.92 Å². The quantitative estimate of drug-likeness (QED) is 0.851. The Kier molecular flexibility index (Phi) is 4.33. The average molecular weight is 273 g/mol. The maximum atomic E-state index is 5.48. The summed E-state index contributed by atoms with van der Waals surface area (Å²) in [6, 6.07) is 4.25. The van der Waals surface area contributed by atoms with E-state index >= 15 is 0 Å². The number of hydrogen-bond acceptors (Lipinski definition) is 3. The van der Waals surface area contributed by atoms with E-state index in [2.05, 4.69) is 27.1 Å². The van der Waals surface area contributed by atoms with Crippen LogP contribution in [0.1, 0.15) is 31.2 Å². The molecule has 3 rings (SSSR count). The number of fused-ring (bicyclic) bond motifs is 1. The van der Waals surface area contributed by atoms with Crippen molar-refractivity contribution >= 4 is 11.0 Å². The van der Waals surface area contributed by atoms with Crippen molar-refractivity contribution < 1.29 is 4.74 Å². The van der Waals surface area contributed by atoms with Gasteiger partial charge in [-0.2, -0.15) is 0 Å². The van der Waals surface area contributed by atoms with Gasteiger partial charge in [0, 0.05) is 30.9 Å². The molecule has 4 heteroatoms. The molecule has 1 aliphatic rings. The number of nitrogens with zero attached hydrogens (tertiary/aromatic N) is 2. The second kappa shape index (κ2) is 6.37. The lowest BCUT2D eigenvalue weighted by atomic mass is 9.90. The number of piperidine rings is 1. The second-order valence-electron chi connectivity index (χ2n) is 5.37. The molecule has 1 aliphatic heterocycles. The molecule has 1 saturated heterocycles. The molecule has 0 saturated carbocycles. The molecule has 0 unspecified atom stereocenters. The predicted octanol–water partition coefficient (Wildman–Crippen LogP) is 2.54. The molecule has 1 N–H and O–H groups in total. The zero-order valence-corrected chi connectivity index (χ0v) is 12.1. The molecule has 0 bridgehead atoms. The Morgan fingerprint density at radius 1 is 1.40 bits per heavy atom. The van der Waals surface area contributed by atoms with Crippen LogP contribution in [0.15, 0.2) is 24.5 Å². The van der Waals surface area contributed by atoms with Crippen LogP contribution in [0.5, 0.6) is 0 Å². The first-order valence-electron chi connectivity index (χ1n) is 7.62. The van der Waals surface area contributed by atoms with E-state index in [1.165, 1.54) is 23.8 Å². The van der Waals surface area contributed by atoms with Crippen LogP contribution in [0, 0.1) is 0 Å². The molecule has 0 aromatic carbocycles. The number of pyridine rings is 1. The van der Waals surface area contributed by atoms with Gasteiger partial charge < -0.3 is 14.6 Å². The minimum Gasteiger partial charge on any atom is -0.380 e. The van der Waals surface area contributed by atoms with E-state index in [1.54, 1.807) is 0 Å². The van der Waals surface area contributed by atoms with Crippen molar-refractivity contribution in [2.45, 2.75) is 32.2 Å². The maximum Gasteiger partial charge on any atom is 0.140 e. The highest BCUT2D eigenvalue weighted by Gasteiger charge is 2.20. The van der Waals surface area contributed by atoms with Gasteiger partial charge in [-0.1, -0.05) is 0 Å². The Bertz CT molecular complexity index is 558. The molecule has 20 heavy (non-hydrogen) atoms. The molecule has 1 fully saturated rings. The highest BCUT2D eigenvalue weighted by Crippen LogP contribution is 2.32. The lowest BCUT2D eigenvalue weighted by Gasteiger charge is -2.22. The van der Waals surface area contributed by atoms with Crippen molar-refractivity contribution in [3.05, 3.63) is 30.1 Å². The smallest absolute Gasteiger partial charge is 0.140 e. The van der Waals surface area contributed by atoms with Crippen LogP contribution >= 0.6 is 0 Å². The average Bonchev–Trinajstić information content (AvgIpc) is 2.88. The van der Waals surface area contributed by atoms with Gasteiger partial charge in [-0.05, 0) is 56.5 Å². The molecule has 2 aromatic rings. The molecular formula is C16H23N3O. The second-order valence-corrected chi connectivity index (χ2v) is 5.37. The summed E-state index contributed by atoms with van der Waals surface area (Å²) in [5, 5.41) is 4.75. The van der Waals surface area contributed by atoms with Gasteiger partial charge in [0.25, 0.3) is 0 Å². The van der Waals surface area contributed by atoms with Crippen LogP contribution in [0.3, 0.4) is 0 Å². The van der Waals surface area contributed by atoms with Gasteiger partial charge in [0.1, 0.15) is 5.65 Å². The van der Waals surface area contributed by atoms with Crippen molar-refractivity contribution in [1.29, 1.82) is 0 Å². The van der Waals surface area contributed by atoms with Crippen molar-refractivity contribution in [1.82, 2.24) is 14.9 Å². The third-order valence-corrected chi connectivity index (χ3v) is 4.12. The minimum atomic E-state index is 0.663. The predicted molar refractivity (Wildman–Crippen MR) is 81.1 cm³/mol. The summed E-state index contributed by atoms with van der Waals surface area (Å²) in [6.07, 6.45) is 6.62. The van der Waals surface area contributed by atoms with Gasteiger partial charge >= 0.3 is 0 Å². The number of ether oxygens (including phenoxy) is 1. The van der Waals surface area contributed by atoms with E-state index in [4.69, 9.17) is 4.74 Å². The summed E-state index contributed by atoms with van der Waals surface area (Å²) >= 11 is 0. The number of rotatable bonds is 5. The van der Waals surface area contributed by atoms with Crippen LogP contribution in [-0.4, -0.2) is 35.9 Å². The largest absolute Gasteiger partial charge is 0.380 e. The fourth-order valence-corrected chi connectivity index (χ4v) is 3.09. The zero-order valence-electron chi connectivity index (χ0n) is 12.1. The lowest BCUT2D eigenvalue weighted by Crippen LogP contribution is -2.26. The van der Waals surface area contributed by atoms with Gasteiger partial charge in [-0.15, -0.1) is 0 Å². The molecule has 0 radical (unpaired) electrons. The third-order valence-electron chi connectivity index (χ3n) is 4.12. The van der Waals surface area contributed by atoms with Gasteiger partial charge in [-0.3, -0.25) is 0 Å². The first-order valence-corrected chi connectivity index (χ1v) is 7.62. The summed E-state index contributed by atoms with van der Waals surface area (Å²) in [4.78, 5) is 4.57. The molecule has 0 aliphatic carbocycles. The minimum absolute atomic E-state index is 0.663. The summed E-state index contributed by atoms with van der Waals surface area (Å²) < 4.78 is 7.73. The normalized spacial score (nSPS) is 16.9. The molecule has 4 nitrogen and oxygen atoms in total. The van der Waals surface area contributed by atoms with Gasteiger partial charge in [0.05, 0.1) is 6.61 Å². The summed E-state index contributed by atoms with van der Waals surface area (Å²) in [5.41, 5.74) is 2.56. The highest BCUT2D eigenvalue weighted by molar-refractivity contribution is 5.81. The Labute approximate surface area is 120 Å². The van der Waals surface area contributed by atoms with Crippen molar-refractivity contribution in [2.24, 2.45) is 0 Å². The molecule has 0 amide bonds. The Balaban J connectivity index is 1.91. The van der Waals surface area contributed by atoms with E-state index < -0.39 is 0 Å². The monoisotopic (exact) mass is 273 g/mol. The van der Waals surface area contributed by atoms with Crippen LogP contribution in [-0.2, 0) is 11.3 Å². The van der Waals surface area contributed by atoms with Gasteiger partial charge in [0.15, 0.2) is 0 Å². The Morgan fingerprint density at radius 3 is 3.05 bits per heavy atom.